The van der Waals surface area contributed by atoms with Crippen LogP contribution in [-0.4, -0.2) is 4.83 Å². The van der Waals surface area contributed by atoms with E-state index in [9.17, 15) is 0 Å². The third-order valence-electron chi connectivity index (χ3n) is 1.73. The molecule has 68 valence electrons. The van der Waals surface area contributed by atoms with Gasteiger partial charge in [-0.1, -0.05) is 35.8 Å². The van der Waals surface area contributed by atoms with Crippen LogP contribution in [0.2, 0.25) is 0 Å². The third-order valence-corrected chi connectivity index (χ3v) is 3.33. The van der Waals surface area contributed by atoms with Crippen LogP contribution in [-0.2, 0) is 6.42 Å². The van der Waals surface area contributed by atoms with E-state index in [0.29, 0.717) is 4.83 Å². The predicted octanol–water partition coefficient (Wildman–Crippen LogP) is 4.10. The zero-order chi connectivity index (χ0) is 8.97. The molecule has 12 heavy (non-hydrogen) atoms. The Kier molecular flexibility index (Phi) is 4.30. The SMILES string of the molecule is CC(C)CC(Br)Cc1cccs1. The Hall–Kier alpha value is 0.180. The molecule has 0 radical (unpaired) electrons. The highest BCUT2D eigenvalue weighted by molar-refractivity contribution is 9.09. The summed E-state index contributed by atoms with van der Waals surface area (Å²) < 4.78 is 0. The maximum Gasteiger partial charge on any atom is 0.0196 e. The van der Waals surface area contributed by atoms with Gasteiger partial charge in [0.2, 0.25) is 0 Å². The molecule has 0 aliphatic carbocycles. The smallest absolute Gasteiger partial charge is 0.0196 e. The van der Waals surface area contributed by atoms with E-state index in [1.54, 1.807) is 0 Å². The van der Waals surface area contributed by atoms with Gasteiger partial charge in [0, 0.05) is 9.70 Å². The highest BCUT2D eigenvalue weighted by Gasteiger charge is 2.07. The Morgan fingerprint density at radius 3 is 2.75 bits per heavy atom. The van der Waals surface area contributed by atoms with E-state index in [1.165, 1.54) is 17.7 Å². The zero-order valence-corrected chi connectivity index (χ0v) is 9.99. The fraction of sp³-hybridized carbons (Fsp3) is 0.600. The number of alkyl halides is 1. The molecule has 1 rings (SSSR count). The van der Waals surface area contributed by atoms with Crippen LogP contribution in [0.4, 0.5) is 0 Å². The van der Waals surface area contributed by atoms with Gasteiger partial charge >= 0.3 is 0 Å². The summed E-state index contributed by atoms with van der Waals surface area (Å²) >= 11 is 5.55. The molecule has 0 aliphatic rings. The van der Waals surface area contributed by atoms with E-state index in [4.69, 9.17) is 0 Å². The standard InChI is InChI=1S/C10H15BrS/c1-8(2)6-9(11)7-10-4-3-5-12-10/h3-5,8-9H,6-7H2,1-2H3. The van der Waals surface area contributed by atoms with Crippen molar-refractivity contribution in [3.8, 4) is 0 Å². The largest absolute Gasteiger partial charge is 0.149 e. The van der Waals surface area contributed by atoms with Gasteiger partial charge < -0.3 is 0 Å². The van der Waals surface area contributed by atoms with Crippen LogP contribution in [0.25, 0.3) is 0 Å². The van der Waals surface area contributed by atoms with Crippen molar-refractivity contribution >= 4 is 27.3 Å². The minimum atomic E-state index is 0.649. The van der Waals surface area contributed by atoms with E-state index in [2.05, 4.69) is 47.3 Å². The second-order valence-corrected chi connectivity index (χ2v) is 5.84. The lowest BCUT2D eigenvalue weighted by molar-refractivity contribution is 0.572. The molecule has 0 saturated carbocycles. The van der Waals surface area contributed by atoms with Crippen LogP contribution in [0.15, 0.2) is 17.5 Å². The van der Waals surface area contributed by atoms with Crippen molar-refractivity contribution < 1.29 is 0 Å². The maximum absolute atomic E-state index is 3.71. The predicted molar refractivity (Wildman–Crippen MR) is 60.2 cm³/mol. The summed E-state index contributed by atoms with van der Waals surface area (Å²) in [5.74, 6) is 0.786. The highest BCUT2D eigenvalue weighted by Crippen LogP contribution is 2.20. The average molecular weight is 247 g/mol. The molecule has 1 heterocycles. The van der Waals surface area contributed by atoms with Gasteiger partial charge in [-0.15, -0.1) is 11.3 Å². The van der Waals surface area contributed by atoms with Gasteiger partial charge in [-0.2, -0.15) is 0 Å². The fourth-order valence-corrected chi connectivity index (χ4v) is 3.34. The first-order valence-corrected chi connectivity index (χ1v) is 6.14. The van der Waals surface area contributed by atoms with Gasteiger partial charge in [-0.3, -0.25) is 0 Å². The van der Waals surface area contributed by atoms with E-state index in [0.717, 1.165) is 5.92 Å². The molecule has 0 aliphatic heterocycles. The van der Waals surface area contributed by atoms with Crippen molar-refractivity contribution in [1.82, 2.24) is 0 Å². The lowest BCUT2D eigenvalue weighted by atomic mass is 10.1. The maximum atomic E-state index is 3.71. The zero-order valence-electron chi connectivity index (χ0n) is 7.59. The Balaban J connectivity index is 2.32. The molecule has 0 fully saturated rings. The second kappa shape index (κ2) is 5.03. The topological polar surface area (TPSA) is 0 Å². The first-order valence-electron chi connectivity index (χ1n) is 4.35. The first kappa shape index (κ1) is 10.3. The van der Waals surface area contributed by atoms with Crippen LogP contribution in [0.5, 0.6) is 0 Å². The molecule has 0 saturated heterocycles. The molecule has 0 spiro atoms. The number of thiophene rings is 1. The fourth-order valence-electron chi connectivity index (χ4n) is 1.24. The molecule has 0 aromatic carbocycles. The lowest BCUT2D eigenvalue weighted by Gasteiger charge is -2.10. The van der Waals surface area contributed by atoms with Crippen LogP contribution < -0.4 is 0 Å². The van der Waals surface area contributed by atoms with Gasteiger partial charge in [0.15, 0.2) is 0 Å². The molecule has 0 N–H and O–H groups in total. The van der Waals surface area contributed by atoms with Gasteiger partial charge in [-0.25, -0.2) is 0 Å². The summed E-state index contributed by atoms with van der Waals surface area (Å²) in [7, 11) is 0. The molecule has 1 aromatic heterocycles. The summed E-state index contributed by atoms with van der Waals surface area (Å²) in [5, 5.41) is 2.14. The Bertz CT molecular complexity index is 204. The molecular formula is C10H15BrS. The Morgan fingerprint density at radius 2 is 2.25 bits per heavy atom. The number of halogens is 1. The summed E-state index contributed by atoms with van der Waals surface area (Å²) in [6.07, 6.45) is 2.44. The summed E-state index contributed by atoms with van der Waals surface area (Å²) in [4.78, 5) is 2.13. The summed E-state index contributed by atoms with van der Waals surface area (Å²) in [5.41, 5.74) is 0. The van der Waals surface area contributed by atoms with Crippen molar-refractivity contribution in [3.05, 3.63) is 22.4 Å². The van der Waals surface area contributed by atoms with E-state index in [1.807, 2.05) is 11.3 Å². The number of rotatable bonds is 4. The van der Waals surface area contributed by atoms with Crippen LogP contribution in [0, 0.1) is 5.92 Å². The minimum absolute atomic E-state index is 0.649. The summed E-state index contributed by atoms with van der Waals surface area (Å²) in [6, 6.07) is 4.33. The van der Waals surface area contributed by atoms with Crippen molar-refractivity contribution in [2.24, 2.45) is 5.92 Å². The van der Waals surface area contributed by atoms with Crippen molar-refractivity contribution in [2.75, 3.05) is 0 Å². The Labute approximate surface area is 87.1 Å². The number of hydrogen-bond donors (Lipinski definition) is 0. The quantitative estimate of drug-likeness (QED) is 0.702. The Morgan fingerprint density at radius 1 is 1.50 bits per heavy atom. The molecule has 0 amide bonds. The lowest BCUT2D eigenvalue weighted by Crippen LogP contribution is -2.05. The molecule has 1 unspecified atom stereocenters. The number of hydrogen-bond acceptors (Lipinski definition) is 1. The molecule has 0 bridgehead atoms. The van der Waals surface area contributed by atoms with Gasteiger partial charge in [0.1, 0.15) is 0 Å². The van der Waals surface area contributed by atoms with Gasteiger partial charge in [0.25, 0.3) is 0 Å². The highest BCUT2D eigenvalue weighted by atomic mass is 79.9. The average Bonchev–Trinajstić information content (AvgIpc) is 2.37. The van der Waals surface area contributed by atoms with Crippen LogP contribution in [0.3, 0.4) is 0 Å². The summed E-state index contributed by atoms with van der Waals surface area (Å²) in [6.45, 7) is 4.53. The van der Waals surface area contributed by atoms with E-state index >= 15 is 0 Å². The van der Waals surface area contributed by atoms with E-state index < -0.39 is 0 Å². The van der Waals surface area contributed by atoms with Gasteiger partial charge in [-0.05, 0) is 30.2 Å². The molecular weight excluding hydrogens is 232 g/mol. The normalized spacial score (nSPS) is 13.7. The molecule has 2 heteroatoms. The van der Waals surface area contributed by atoms with Crippen molar-refractivity contribution in [1.29, 1.82) is 0 Å². The third kappa shape index (κ3) is 3.72. The van der Waals surface area contributed by atoms with Crippen molar-refractivity contribution in [2.45, 2.75) is 31.5 Å². The van der Waals surface area contributed by atoms with Crippen LogP contribution in [0.1, 0.15) is 25.1 Å². The monoisotopic (exact) mass is 246 g/mol. The molecule has 1 aromatic rings. The van der Waals surface area contributed by atoms with E-state index in [-0.39, 0.29) is 0 Å². The second-order valence-electron chi connectivity index (χ2n) is 3.51. The van der Waals surface area contributed by atoms with Gasteiger partial charge in [0.05, 0.1) is 0 Å². The molecule has 1 atom stereocenters. The first-order chi connectivity index (χ1) is 5.68. The molecule has 0 nitrogen and oxygen atoms in total. The van der Waals surface area contributed by atoms with Crippen LogP contribution >= 0.6 is 27.3 Å². The minimum Gasteiger partial charge on any atom is -0.149 e. The van der Waals surface area contributed by atoms with Crippen molar-refractivity contribution in [3.63, 3.8) is 0 Å².